The summed E-state index contributed by atoms with van der Waals surface area (Å²) in [6, 6.07) is 0. The molecule has 0 fully saturated rings. The van der Waals surface area contributed by atoms with Gasteiger partial charge in [-0.15, -0.1) is 12.6 Å². The fraction of sp³-hybridized carbons (Fsp3) is 1.00. The van der Waals surface area contributed by atoms with E-state index in [1.54, 1.807) is 0 Å². The Morgan fingerprint density at radius 2 is 2.00 bits per heavy atom. The zero-order chi connectivity index (χ0) is 7.98. The maximum absolute atomic E-state index is 8.98. The second-order valence-corrected chi connectivity index (χ2v) is 3.42. The number of hydrogen-bond acceptors (Lipinski definition) is 2. The summed E-state index contributed by atoms with van der Waals surface area (Å²) in [4.78, 5) is 0. The molecule has 0 aromatic heterocycles. The van der Waals surface area contributed by atoms with Gasteiger partial charge in [0.1, 0.15) is 0 Å². The molecule has 0 heterocycles. The van der Waals surface area contributed by atoms with E-state index in [2.05, 4.69) is 19.6 Å². The summed E-state index contributed by atoms with van der Waals surface area (Å²) in [6.45, 7) is 4.22. The number of hydrogen-bond donors (Lipinski definition) is 2. The van der Waals surface area contributed by atoms with Gasteiger partial charge in [-0.3, -0.25) is 0 Å². The summed E-state index contributed by atoms with van der Waals surface area (Å²) in [5, 5.41) is 8.98. The molecule has 1 nitrogen and oxygen atoms in total. The van der Waals surface area contributed by atoms with E-state index in [4.69, 9.17) is 5.11 Å². The van der Waals surface area contributed by atoms with Gasteiger partial charge < -0.3 is 5.11 Å². The minimum atomic E-state index is -0.433. The Morgan fingerprint density at radius 1 is 1.40 bits per heavy atom. The molecule has 0 spiro atoms. The molecule has 0 aromatic carbocycles. The van der Waals surface area contributed by atoms with E-state index in [1.807, 2.05) is 6.92 Å². The highest BCUT2D eigenvalue weighted by Crippen LogP contribution is 2.14. The summed E-state index contributed by atoms with van der Waals surface area (Å²) in [7, 11) is 0. The van der Waals surface area contributed by atoms with Crippen molar-refractivity contribution in [1.29, 1.82) is 0 Å². The van der Waals surface area contributed by atoms with Crippen LogP contribution in [0.15, 0.2) is 0 Å². The first-order chi connectivity index (χ1) is 4.68. The van der Waals surface area contributed by atoms with Crippen molar-refractivity contribution in [1.82, 2.24) is 0 Å². The van der Waals surface area contributed by atoms with Crippen molar-refractivity contribution in [2.24, 2.45) is 5.92 Å². The molecule has 0 aliphatic carbocycles. The lowest BCUT2D eigenvalue weighted by molar-refractivity contribution is 0.195. The van der Waals surface area contributed by atoms with Gasteiger partial charge in [0.25, 0.3) is 0 Å². The molecule has 0 aromatic rings. The predicted octanol–water partition coefficient (Wildman–Crippen LogP) is 2.45. The number of aliphatic hydroxyl groups excluding tert-OH is 1. The van der Waals surface area contributed by atoms with E-state index in [9.17, 15) is 0 Å². The van der Waals surface area contributed by atoms with Crippen molar-refractivity contribution in [3.8, 4) is 0 Å². The Labute approximate surface area is 69.2 Å². The number of aliphatic hydroxyl groups is 1. The molecular weight excluding hydrogens is 144 g/mol. The van der Waals surface area contributed by atoms with Gasteiger partial charge in [-0.25, -0.2) is 0 Å². The van der Waals surface area contributed by atoms with Crippen LogP contribution in [0.3, 0.4) is 0 Å². The van der Waals surface area contributed by atoms with E-state index in [0.717, 1.165) is 6.42 Å². The average molecular weight is 162 g/mol. The normalized spacial score (nSPS) is 16.8. The first-order valence-electron chi connectivity index (χ1n) is 4.04. The van der Waals surface area contributed by atoms with Crippen molar-refractivity contribution < 1.29 is 5.11 Å². The van der Waals surface area contributed by atoms with Crippen LogP contribution in [0.4, 0.5) is 0 Å². The molecule has 62 valence electrons. The lowest BCUT2D eigenvalue weighted by atomic mass is 10.0. The Hall–Kier alpha value is 0.310. The predicted molar refractivity (Wildman–Crippen MR) is 48.3 cm³/mol. The summed E-state index contributed by atoms with van der Waals surface area (Å²) in [5.41, 5.74) is -0.433. The molecule has 1 N–H and O–H groups in total. The molecule has 0 saturated carbocycles. The molecule has 0 saturated heterocycles. The number of unbranched alkanes of at least 4 members (excludes halogenated alkanes) is 2. The van der Waals surface area contributed by atoms with Crippen LogP contribution in [0, 0.1) is 5.92 Å². The van der Waals surface area contributed by atoms with Crippen LogP contribution in [0.1, 0.15) is 39.5 Å². The minimum absolute atomic E-state index is 0.342. The number of rotatable bonds is 5. The van der Waals surface area contributed by atoms with Gasteiger partial charge in [0, 0.05) is 0 Å². The minimum Gasteiger partial charge on any atom is -0.382 e. The maximum Gasteiger partial charge on any atom is 0.0990 e. The third-order valence-electron chi connectivity index (χ3n) is 1.77. The smallest absolute Gasteiger partial charge is 0.0990 e. The molecule has 0 radical (unpaired) electrons. The van der Waals surface area contributed by atoms with Crippen LogP contribution in [0.5, 0.6) is 0 Å². The zero-order valence-electron chi connectivity index (χ0n) is 6.88. The van der Waals surface area contributed by atoms with Crippen LogP contribution in [0.2, 0.25) is 0 Å². The van der Waals surface area contributed by atoms with E-state index in [0.29, 0.717) is 5.92 Å². The average Bonchev–Trinajstić information content (AvgIpc) is 1.88. The Kier molecular flexibility index (Phi) is 6.24. The largest absolute Gasteiger partial charge is 0.382 e. The third-order valence-corrected chi connectivity index (χ3v) is 2.28. The highest BCUT2D eigenvalue weighted by atomic mass is 32.1. The second-order valence-electron chi connectivity index (χ2n) is 2.89. The molecule has 0 aliphatic heterocycles. The highest BCUT2D eigenvalue weighted by molar-refractivity contribution is 7.80. The van der Waals surface area contributed by atoms with Gasteiger partial charge in [-0.2, -0.15) is 0 Å². The standard InChI is InChI=1S/C8H18OS/c1-3-4-5-6-7(2)8(9)10/h7-10H,3-6H2,1-2H3. The van der Waals surface area contributed by atoms with E-state index >= 15 is 0 Å². The van der Waals surface area contributed by atoms with Crippen LogP contribution in [-0.4, -0.2) is 10.5 Å². The van der Waals surface area contributed by atoms with Crippen LogP contribution in [-0.2, 0) is 0 Å². The highest BCUT2D eigenvalue weighted by Gasteiger charge is 2.07. The molecular formula is C8H18OS. The first-order valence-corrected chi connectivity index (χ1v) is 4.56. The van der Waals surface area contributed by atoms with Crippen molar-refractivity contribution in [2.45, 2.75) is 45.0 Å². The van der Waals surface area contributed by atoms with Crippen LogP contribution < -0.4 is 0 Å². The van der Waals surface area contributed by atoms with Gasteiger partial charge in [0.15, 0.2) is 0 Å². The SMILES string of the molecule is CCCCCC(C)C(O)S. The Morgan fingerprint density at radius 3 is 2.40 bits per heavy atom. The molecule has 0 amide bonds. The molecule has 0 aliphatic rings. The molecule has 2 atom stereocenters. The monoisotopic (exact) mass is 162 g/mol. The third kappa shape index (κ3) is 5.12. The Bertz CT molecular complexity index is 73.7. The summed E-state index contributed by atoms with van der Waals surface area (Å²) in [6.07, 6.45) is 4.83. The lowest BCUT2D eigenvalue weighted by Crippen LogP contribution is -2.09. The van der Waals surface area contributed by atoms with Crippen LogP contribution in [0.25, 0.3) is 0 Å². The first kappa shape index (κ1) is 10.3. The van der Waals surface area contributed by atoms with Crippen molar-refractivity contribution in [3.63, 3.8) is 0 Å². The van der Waals surface area contributed by atoms with E-state index < -0.39 is 5.44 Å². The fourth-order valence-corrected chi connectivity index (χ4v) is 1.01. The topological polar surface area (TPSA) is 20.2 Å². The van der Waals surface area contributed by atoms with Gasteiger partial charge in [0.2, 0.25) is 0 Å². The summed E-state index contributed by atoms with van der Waals surface area (Å²) >= 11 is 3.95. The Balaban J connectivity index is 3.13. The molecule has 0 bridgehead atoms. The molecule has 10 heavy (non-hydrogen) atoms. The quantitative estimate of drug-likeness (QED) is 0.361. The van der Waals surface area contributed by atoms with Gasteiger partial charge in [-0.1, -0.05) is 33.1 Å². The van der Waals surface area contributed by atoms with Gasteiger partial charge in [0.05, 0.1) is 5.44 Å². The van der Waals surface area contributed by atoms with Crippen molar-refractivity contribution in [3.05, 3.63) is 0 Å². The van der Waals surface area contributed by atoms with Crippen molar-refractivity contribution >= 4 is 12.6 Å². The van der Waals surface area contributed by atoms with Gasteiger partial charge >= 0.3 is 0 Å². The van der Waals surface area contributed by atoms with Crippen molar-refractivity contribution in [2.75, 3.05) is 0 Å². The van der Waals surface area contributed by atoms with E-state index in [-0.39, 0.29) is 0 Å². The summed E-state index contributed by atoms with van der Waals surface area (Å²) in [5.74, 6) is 0.342. The van der Waals surface area contributed by atoms with Gasteiger partial charge in [-0.05, 0) is 12.3 Å². The van der Waals surface area contributed by atoms with E-state index in [1.165, 1.54) is 19.3 Å². The second kappa shape index (κ2) is 6.05. The zero-order valence-corrected chi connectivity index (χ0v) is 7.77. The fourth-order valence-electron chi connectivity index (χ4n) is 0.865. The number of thiol groups is 1. The molecule has 0 rings (SSSR count). The maximum atomic E-state index is 8.98. The molecule has 2 unspecified atom stereocenters. The van der Waals surface area contributed by atoms with Crippen LogP contribution >= 0.6 is 12.6 Å². The summed E-state index contributed by atoms with van der Waals surface area (Å²) < 4.78 is 0. The molecule has 2 heteroatoms. The lowest BCUT2D eigenvalue weighted by Gasteiger charge is -2.12.